The highest BCUT2D eigenvalue weighted by molar-refractivity contribution is 8.00. The number of para-hydroxylation sites is 2. The molecule has 0 aliphatic carbocycles. The van der Waals surface area contributed by atoms with Crippen molar-refractivity contribution in [3.8, 4) is 5.75 Å². The number of phenolic OH excluding ortho intramolecular Hbond substituents is 1. The molecule has 11 nitrogen and oxygen atoms in total. The van der Waals surface area contributed by atoms with Crippen molar-refractivity contribution in [2.24, 2.45) is 5.73 Å². The Morgan fingerprint density at radius 1 is 1.21 bits per heavy atom. The van der Waals surface area contributed by atoms with Gasteiger partial charge in [0.25, 0.3) is 5.91 Å². The first-order chi connectivity index (χ1) is 18.2. The van der Waals surface area contributed by atoms with Crippen molar-refractivity contribution in [2.75, 3.05) is 17.6 Å². The number of pyridine rings is 1. The van der Waals surface area contributed by atoms with Crippen molar-refractivity contribution in [3.63, 3.8) is 0 Å². The van der Waals surface area contributed by atoms with Gasteiger partial charge in [-0.2, -0.15) is 4.57 Å². The van der Waals surface area contributed by atoms with Crippen LogP contribution in [0.4, 0.5) is 5.69 Å². The number of carboxylic acid groups (broad SMARTS) is 1. The SMILES string of the molecule is N[C@@H]1C(=O)N2C(C(=O)[O-])=C(/C=C3\CCN(Cc4cc[n+](CC(=O)Nc5ccccc5O)cc4)C3=O)CS[C@H]12. The minimum absolute atomic E-state index is 0.0123. The first-order valence-corrected chi connectivity index (χ1v) is 13.0. The van der Waals surface area contributed by atoms with E-state index in [9.17, 15) is 29.4 Å². The number of phenols is 1. The lowest BCUT2D eigenvalue weighted by Gasteiger charge is -2.49. The van der Waals surface area contributed by atoms with Crippen LogP contribution in [0.2, 0.25) is 0 Å². The number of aromatic nitrogens is 1. The highest BCUT2D eigenvalue weighted by Gasteiger charge is 2.50. The minimum Gasteiger partial charge on any atom is -0.543 e. The second kappa shape index (κ2) is 10.3. The van der Waals surface area contributed by atoms with Crippen LogP contribution < -0.4 is 20.7 Å². The van der Waals surface area contributed by atoms with Gasteiger partial charge in [0.1, 0.15) is 17.2 Å². The fourth-order valence-electron chi connectivity index (χ4n) is 4.66. The van der Waals surface area contributed by atoms with E-state index in [4.69, 9.17) is 5.73 Å². The van der Waals surface area contributed by atoms with Crippen LogP contribution in [0.3, 0.4) is 0 Å². The summed E-state index contributed by atoms with van der Waals surface area (Å²) in [5, 5.41) is 23.8. The molecule has 4 heterocycles. The monoisotopic (exact) mass is 535 g/mol. The summed E-state index contributed by atoms with van der Waals surface area (Å²) < 4.78 is 1.68. The van der Waals surface area contributed by atoms with Gasteiger partial charge in [0.2, 0.25) is 18.4 Å². The smallest absolute Gasteiger partial charge is 0.290 e. The number of aliphatic carboxylic acids is 1. The van der Waals surface area contributed by atoms with E-state index < -0.39 is 23.3 Å². The Morgan fingerprint density at radius 3 is 2.66 bits per heavy atom. The number of amides is 3. The lowest BCUT2D eigenvalue weighted by molar-refractivity contribution is -0.684. The first kappa shape index (κ1) is 25.5. The van der Waals surface area contributed by atoms with Gasteiger partial charge in [0.05, 0.1) is 17.4 Å². The van der Waals surface area contributed by atoms with Crippen LogP contribution >= 0.6 is 11.8 Å². The van der Waals surface area contributed by atoms with Crippen LogP contribution in [-0.2, 0) is 32.3 Å². The number of nitrogens with two attached hydrogens (primary N) is 1. The molecule has 0 bridgehead atoms. The molecule has 2 atom stereocenters. The maximum Gasteiger partial charge on any atom is 0.290 e. The van der Waals surface area contributed by atoms with Gasteiger partial charge in [-0.05, 0) is 35.8 Å². The quantitative estimate of drug-likeness (QED) is 0.180. The molecule has 3 aliphatic heterocycles. The van der Waals surface area contributed by atoms with Gasteiger partial charge in [-0.3, -0.25) is 19.3 Å². The zero-order chi connectivity index (χ0) is 27.0. The summed E-state index contributed by atoms with van der Waals surface area (Å²) in [4.78, 5) is 52.1. The minimum atomic E-state index is -1.46. The summed E-state index contributed by atoms with van der Waals surface area (Å²) in [5.74, 6) is -2.12. The van der Waals surface area contributed by atoms with Gasteiger partial charge < -0.3 is 31.0 Å². The number of benzene rings is 1. The number of allylic oxidation sites excluding steroid dienone is 1. The van der Waals surface area contributed by atoms with Gasteiger partial charge in [-0.1, -0.05) is 12.1 Å². The summed E-state index contributed by atoms with van der Waals surface area (Å²) in [6, 6.07) is 9.37. The van der Waals surface area contributed by atoms with Gasteiger partial charge in [0, 0.05) is 36.5 Å². The maximum atomic E-state index is 13.0. The lowest BCUT2D eigenvalue weighted by Crippen LogP contribution is -2.69. The molecule has 3 amide bonds. The van der Waals surface area contributed by atoms with E-state index in [2.05, 4.69) is 5.32 Å². The summed E-state index contributed by atoms with van der Waals surface area (Å²) in [7, 11) is 0. The van der Waals surface area contributed by atoms with Crippen molar-refractivity contribution in [1.82, 2.24) is 9.80 Å². The normalized spacial score (nSPS) is 22.0. The number of anilines is 1. The maximum absolute atomic E-state index is 13.0. The third kappa shape index (κ3) is 4.87. The third-order valence-electron chi connectivity index (χ3n) is 6.63. The summed E-state index contributed by atoms with van der Waals surface area (Å²) in [6.45, 7) is 0.868. The molecule has 4 N–H and O–H groups in total. The van der Waals surface area contributed by atoms with Crippen molar-refractivity contribution < 1.29 is 34.0 Å². The van der Waals surface area contributed by atoms with E-state index in [1.165, 1.54) is 17.8 Å². The highest BCUT2D eigenvalue weighted by Crippen LogP contribution is 2.40. The predicted octanol–water partition coefficient (Wildman–Crippen LogP) is -0.776. The second-order valence-electron chi connectivity index (χ2n) is 9.19. The Balaban J connectivity index is 1.22. The number of nitrogens with one attached hydrogen (secondary N) is 1. The number of aromatic hydroxyl groups is 1. The van der Waals surface area contributed by atoms with E-state index >= 15 is 0 Å². The molecule has 2 saturated heterocycles. The molecule has 0 spiro atoms. The number of nitrogens with zero attached hydrogens (tertiary/aromatic N) is 3. The number of carbonyl (C=O) groups excluding carboxylic acids is 4. The number of carboxylic acids is 1. The van der Waals surface area contributed by atoms with Gasteiger partial charge in [-0.15, -0.1) is 11.8 Å². The largest absolute Gasteiger partial charge is 0.543 e. The molecule has 38 heavy (non-hydrogen) atoms. The number of β-lactam (4-membered cyclic amide) rings is 1. The van der Waals surface area contributed by atoms with Crippen LogP contribution in [0, 0.1) is 0 Å². The molecule has 5 rings (SSSR count). The Hall–Kier alpha value is -4.16. The lowest BCUT2D eigenvalue weighted by atomic mass is 10.0. The molecular formula is C26H25N5O6S. The third-order valence-corrected chi connectivity index (χ3v) is 7.95. The summed E-state index contributed by atoms with van der Waals surface area (Å²) in [5.41, 5.74) is 7.61. The number of likely N-dealkylation sites (tertiary alicyclic amines) is 1. The number of carbonyl (C=O) groups is 4. The Bertz CT molecular complexity index is 1390. The standard InChI is InChI=1S/C26H25N5O6S/c27-21-24(35)31-22(26(36)37)17(14-38-25(21)31)11-16-7-10-30(23(16)34)12-15-5-8-29(9-6-15)13-20(33)28-18-3-1-2-4-19(18)32/h1-6,8-9,11,21,25H,7,10,12-14,27H2,(H2-,28,32,33,36,37)/b16-11+/t21-,25-/m1/s1. The van der Waals surface area contributed by atoms with Gasteiger partial charge in [0.15, 0.2) is 12.4 Å². The molecule has 0 saturated carbocycles. The van der Waals surface area contributed by atoms with Crippen LogP contribution in [0.25, 0.3) is 0 Å². The fraction of sp³-hybridized carbons (Fsp3) is 0.269. The molecule has 1 aromatic heterocycles. The molecule has 1 aromatic carbocycles. The van der Waals surface area contributed by atoms with Crippen LogP contribution in [0.15, 0.2) is 71.7 Å². The molecule has 2 fully saturated rings. The molecule has 196 valence electrons. The zero-order valence-corrected chi connectivity index (χ0v) is 21.0. The Morgan fingerprint density at radius 2 is 1.95 bits per heavy atom. The Kier molecular flexibility index (Phi) is 6.91. The molecule has 0 unspecified atom stereocenters. The van der Waals surface area contributed by atoms with Gasteiger partial charge in [-0.25, -0.2) is 0 Å². The van der Waals surface area contributed by atoms with Crippen molar-refractivity contribution in [2.45, 2.75) is 30.9 Å². The number of hydrogen-bond acceptors (Lipinski definition) is 8. The van der Waals surface area contributed by atoms with E-state index in [0.29, 0.717) is 42.1 Å². The van der Waals surface area contributed by atoms with E-state index in [1.54, 1.807) is 46.1 Å². The molecule has 3 aliphatic rings. The van der Waals surface area contributed by atoms with E-state index in [-0.39, 0.29) is 29.8 Å². The number of rotatable bonds is 7. The van der Waals surface area contributed by atoms with Gasteiger partial charge >= 0.3 is 0 Å². The van der Waals surface area contributed by atoms with Crippen LogP contribution in [-0.4, -0.2) is 62.3 Å². The van der Waals surface area contributed by atoms with Crippen molar-refractivity contribution in [1.29, 1.82) is 0 Å². The van der Waals surface area contributed by atoms with Crippen molar-refractivity contribution in [3.05, 3.63) is 77.3 Å². The predicted molar refractivity (Wildman–Crippen MR) is 135 cm³/mol. The molecule has 12 heteroatoms. The number of thioether (sulfide) groups is 1. The number of hydrogen-bond donors (Lipinski definition) is 3. The molecule has 0 radical (unpaired) electrons. The first-order valence-electron chi connectivity index (χ1n) is 11.9. The van der Waals surface area contributed by atoms with Crippen LogP contribution in [0.5, 0.6) is 5.75 Å². The highest BCUT2D eigenvalue weighted by atomic mass is 32.2. The molecular weight excluding hydrogens is 510 g/mol. The topological polar surface area (TPSA) is 160 Å². The molecule has 2 aromatic rings. The van der Waals surface area contributed by atoms with E-state index in [0.717, 1.165) is 10.5 Å². The summed E-state index contributed by atoms with van der Waals surface area (Å²) >= 11 is 1.37. The van der Waals surface area contributed by atoms with Crippen LogP contribution in [0.1, 0.15) is 12.0 Å². The average Bonchev–Trinajstić information content (AvgIpc) is 3.24. The average molecular weight is 536 g/mol. The summed E-state index contributed by atoms with van der Waals surface area (Å²) in [6.07, 6.45) is 5.48. The zero-order valence-electron chi connectivity index (χ0n) is 20.2. The second-order valence-corrected chi connectivity index (χ2v) is 10.3. The Labute approximate surface area is 222 Å². The van der Waals surface area contributed by atoms with Crippen molar-refractivity contribution >= 4 is 41.1 Å². The number of fused-ring (bicyclic) bond motifs is 1. The van der Waals surface area contributed by atoms with E-state index in [1.807, 2.05) is 12.1 Å². The fourth-order valence-corrected chi connectivity index (χ4v) is 5.91.